The summed E-state index contributed by atoms with van der Waals surface area (Å²) in [6.45, 7) is 14.5. The maximum atomic E-state index is 15.2. The summed E-state index contributed by atoms with van der Waals surface area (Å²) in [7, 11) is 1.57. The van der Waals surface area contributed by atoms with Crippen LogP contribution in [0, 0.1) is 12.7 Å². The van der Waals surface area contributed by atoms with E-state index in [0.29, 0.717) is 56.0 Å². The van der Waals surface area contributed by atoms with Gasteiger partial charge in [0.1, 0.15) is 22.8 Å². The summed E-state index contributed by atoms with van der Waals surface area (Å²) in [4.78, 5) is 41.2. The van der Waals surface area contributed by atoms with Gasteiger partial charge >= 0.3 is 12.2 Å². The van der Waals surface area contributed by atoms with Gasteiger partial charge in [-0.25, -0.2) is 14.0 Å². The number of nitrogens with one attached hydrogen (secondary N) is 1. The second-order valence-corrected chi connectivity index (χ2v) is 13.3. The van der Waals surface area contributed by atoms with E-state index in [9.17, 15) is 14.4 Å². The summed E-state index contributed by atoms with van der Waals surface area (Å²) < 4.78 is 31.8. The van der Waals surface area contributed by atoms with Crippen molar-refractivity contribution >= 4 is 34.9 Å². The summed E-state index contributed by atoms with van der Waals surface area (Å²) in [5.41, 5.74) is 3.51. The van der Waals surface area contributed by atoms with Gasteiger partial charge in [0, 0.05) is 54.6 Å². The van der Waals surface area contributed by atoms with Crippen molar-refractivity contribution in [3.05, 3.63) is 70.6 Å². The average molecular weight is 622 g/mol. The quantitative estimate of drug-likeness (QED) is 0.373. The molecule has 3 amide bonds. The number of carbonyl (C=O) groups excluding carboxylic acids is 3. The molecule has 242 valence electrons. The van der Waals surface area contributed by atoms with Gasteiger partial charge in [0.25, 0.3) is 5.91 Å². The number of ether oxygens (including phenoxy) is 3. The normalized spacial score (nSPS) is 15.6. The molecule has 9 nitrogen and oxygen atoms in total. The highest BCUT2D eigenvalue weighted by atomic mass is 19.1. The van der Waals surface area contributed by atoms with Gasteiger partial charge in [-0.2, -0.15) is 0 Å². The van der Waals surface area contributed by atoms with E-state index >= 15 is 4.39 Å². The highest BCUT2D eigenvalue weighted by molar-refractivity contribution is 6.05. The molecule has 0 fully saturated rings. The van der Waals surface area contributed by atoms with Gasteiger partial charge in [0.15, 0.2) is 0 Å². The lowest BCUT2D eigenvalue weighted by Crippen LogP contribution is -2.39. The lowest BCUT2D eigenvalue weighted by molar-refractivity contribution is 0.0260. The number of methoxy groups -OCH3 is 1. The molecule has 0 aliphatic carbocycles. The number of rotatable bonds is 5. The third-order valence-corrected chi connectivity index (χ3v) is 7.44. The van der Waals surface area contributed by atoms with Gasteiger partial charge in [-0.05, 0) is 96.2 Å². The number of hydrogen-bond donors (Lipinski definition) is 1. The Bertz CT molecular complexity index is 1530. The fourth-order valence-corrected chi connectivity index (χ4v) is 5.17. The number of nitrogens with zero attached hydrogens (tertiary/aromatic N) is 2. The predicted molar refractivity (Wildman–Crippen MR) is 173 cm³/mol. The first-order valence-corrected chi connectivity index (χ1v) is 15.2. The zero-order chi connectivity index (χ0) is 33.1. The first-order valence-electron chi connectivity index (χ1n) is 15.2. The molecule has 2 aliphatic heterocycles. The molecule has 2 heterocycles. The van der Waals surface area contributed by atoms with Crippen LogP contribution in [0.1, 0.15) is 81.4 Å². The Hall–Kier alpha value is -4.34. The molecule has 0 saturated heterocycles. The molecular weight excluding hydrogens is 577 g/mol. The Balaban J connectivity index is 1.44. The van der Waals surface area contributed by atoms with Crippen LogP contribution in [0.3, 0.4) is 0 Å². The molecule has 0 atom stereocenters. The van der Waals surface area contributed by atoms with Crippen molar-refractivity contribution in [2.45, 2.75) is 72.5 Å². The van der Waals surface area contributed by atoms with Crippen molar-refractivity contribution in [2.24, 2.45) is 0 Å². The molecule has 0 spiro atoms. The van der Waals surface area contributed by atoms with E-state index in [0.717, 1.165) is 22.3 Å². The lowest BCUT2D eigenvalue weighted by Gasteiger charge is -2.30. The Kier molecular flexibility index (Phi) is 9.95. The second kappa shape index (κ2) is 13.3. The summed E-state index contributed by atoms with van der Waals surface area (Å²) in [5, 5.41) is 2.89. The number of aryl methyl sites for hydroxylation is 1. The van der Waals surface area contributed by atoms with E-state index in [2.05, 4.69) is 5.32 Å². The maximum Gasteiger partial charge on any atom is 0.410 e. The molecular formula is C35H44FN3O6. The molecule has 0 saturated carbocycles. The number of amides is 3. The second-order valence-electron chi connectivity index (χ2n) is 13.3. The van der Waals surface area contributed by atoms with Crippen LogP contribution in [0.5, 0.6) is 5.75 Å². The minimum absolute atomic E-state index is 0.183. The van der Waals surface area contributed by atoms with Crippen LogP contribution in [0.2, 0.25) is 0 Å². The van der Waals surface area contributed by atoms with E-state index < -0.39 is 29.0 Å². The van der Waals surface area contributed by atoms with Gasteiger partial charge in [-0.15, -0.1) is 0 Å². The van der Waals surface area contributed by atoms with Gasteiger partial charge in [-0.3, -0.25) is 4.79 Å². The Labute approximate surface area is 265 Å². The van der Waals surface area contributed by atoms with Crippen molar-refractivity contribution in [1.82, 2.24) is 9.80 Å². The largest absolute Gasteiger partial charge is 0.496 e. The topological polar surface area (TPSA) is 97.4 Å². The summed E-state index contributed by atoms with van der Waals surface area (Å²) in [6, 6.07) is 8.14. The SMILES string of the molecule is COc1cc(NC(=O)c2ccc(C3=CCN(C(=O)OC(C)(C)C)CC3)c(F)c2)c(C)cc1C1=CCN(C(=O)OC(C)(C)C)CC1. The zero-order valence-corrected chi connectivity index (χ0v) is 27.5. The van der Waals surface area contributed by atoms with Gasteiger partial charge < -0.3 is 29.3 Å². The first kappa shape index (κ1) is 33.6. The Morgan fingerprint density at radius 3 is 1.78 bits per heavy atom. The standard InChI is InChI=1S/C35H44FN3O6/c1-22-19-27(24-13-17-39(18-14-24)33(42)45-35(5,6)7)30(43-8)21-29(22)37-31(40)25-9-10-26(28(36)20-25)23-11-15-38(16-12-23)32(41)44-34(2,3)4/h9-11,13,19-21H,12,14-18H2,1-8H3,(H,37,40). The molecule has 0 bridgehead atoms. The third kappa shape index (κ3) is 8.65. The smallest absolute Gasteiger partial charge is 0.410 e. The monoisotopic (exact) mass is 621 g/mol. The molecule has 1 N–H and O–H groups in total. The molecule has 2 aromatic carbocycles. The molecule has 10 heteroatoms. The van der Waals surface area contributed by atoms with E-state index in [1.807, 2.05) is 66.7 Å². The number of carbonyl (C=O) groups is 3. The number of anilines is 1. The fraction of sp³-hybridized carbons (Fsp3) is 0.457. The van der Waals surface area contributed by atoms with Crippen LogP contribution >= 0.6 is 0 Å². The van der Waals surface area contributed by atoms with Crippen LogP contribution in [-0.4, -0.2) is 72.4 Å². The molecule has 2 aliphatic rings. The fourth-order valence-electron chi connectivity index (χ4n) is 5.17. The van der Waals surface area contributed by atoms with Crippen molar-refractivity contribution in [3.8, 4) is 5.75 Å². The maximum absolute atomic E-state index is 15.2. The number of halogens is 1. The van der Waals surface area contributed by atoms with Crippen LogP contribution in [0.4, 0.5) is 19.7 Å². The van der Waals surface area contributed by atoms with Crippen LogP contribution < -0.4 is 10.1 Å². The van der Waals surface area contributed by atoms with Gasteiger partial charge in [0.2, 0.25) is 0 Å². The van der Waals surface area contributed by atoms with Gasteiger partial charge in [0.05, 0.1) is 7.11 Å². The number of hydrogen-bond acceptors (Lipinski definition) is 6. The minimum Gasteiger partial charge on any atom is -0.496 e. The molecule has 0 radical (unpaired) electrons. The van der Waals surface area contributed by atoms with Crippen molar-refractivity contribution in [1.29, 1.82) is 0 Å². The highest BCUT2D eigenvalue weighted by Gasteiger charge is 2.26. The molecule has 0 aromatic heterocycles. The molecule has 4 rings (SSSR count). The summed E-state index contributed by atoms with van der Waals surface area (Å²) in [6.07, 6.45) is 4.17. The predicted octanol–water partition coefficient (Wildman–Crippen LogP) is 7.44. The van der Waals surface area contributed by atoms with Gasteiger partial charge in [-0.1, -0.05) is 18.2 Å². The lowest BCUT2D eigenvalue weighted by atomic mass is 9.96. The van der Waals surface area contributed by atoms with Crippen LogP contribution in [-0.2, 0) is 9.47 Å². The minimum atomic E-state index is -0.588. The van der Waals surface area contributed by atoms with E-state index in [4.69, 9.17) is 14.2 Å². The molecule has 2 aromatic rings. The van der Waals surface area contributed by atoms with E-state index in [1.54, 1.807) is 35.1 Å². The Morgan fingerprint density at radius 1 is 0.800 bits per heavy atom. The first-order chi connectivity index (χ1) is 21.0. The van der Waals surface area contributed by atoms with Crippen molar-refractivity contribution in [3.63, 3.8) is 0 Å². The molecule has 45 heavy (non-hydrogen) atoms. The summed E-state index contributed by atoms with van der Waals surface area (Å²) >= 11 is 0. The van der Waals surface area contributed by atoms with Crippen LogP contribution in [0.15, 0.2) is 42.5 Å². The van der Waals surface area contributed by atoms with Crippen LogP contribution in [0.25, 0.3) is 11.1 Å². The average Bonchev–Trinajstić information content (AvgIpc) is 2.96. The molecule has 0 unspecified atom stereocenters. The summed E-state index contributed by atoms with van der Waals surface area (Å²) in [5.74, 6) is -0.370. The van der Waals surface area contributed by atoms with Crippen molar-refractivity contribution < 1.29 is 33.0 Å². The van der Waals surface area contributed by atoms with Crippen molar-refractivity contribution in [2.75, 3.05) is 38.6 Å². The number of benzene rings is 2. The Morgan fingerprint density at radius 2 is 1.33 bits per heavy atom. The highest BCUT2D eigenvalue weighted by Crippen LogP contribution is 2.35. The third-order valence-electron chi connectivity index (χ3n) is 7.44. The zero-order valence-electron chi connectivity index (χ0n) is 27.5. The van der Waals surface area contributed by atoms with E-state index in [1.165, 1.54) is 6.07 Å². The van der Waals surface area contributed by atoms with E-state index in [-0.39, 0.29) is 11.7 Å².